The lowest BCUT2D eigenvalue weighted by atomic mass is 10.2. The molecule has 0 aliphatic carbocycles. The SMILES string of the molecule is CCCCOc1cccc(C(=O)Nc2ccc(S(=O)(=O)NCc3ccco3)cc2)c1. The van der Waals surface area contributed by atoms with Gasteiger partial charge in [-0.05, 0) is 61.0 Å². The Morgan fingerprint density at radius 3 is 2.57 bits per heavy atom. The number of anilines is 1. The average Bonchev–Trinajstić information content (AvgIpc) is 3.27. The van der Waals surface area contributed by atoms with Crippen LogP contribution in [0.5, 0.6) is 5.75 Å². The average molecular weight is 429 g/mol. The summed E-state index contributed by atoms with van der Waals surface area (Å²) in [6, 6.07) is 16.3. The summed E-state index contributed by atoms with van der Waals surface area (Å²) in [7, 11) is -3.69. The smallest absolute Gasteiger partial charge is 0.255 e. The summed E-state index contributed by atoms with van der Waals surface area (Å²) in [5.74, 6) is 0.853. The number of furan rings is 1. The van der Waals surface area contributed by atoms with Crippen molar-refractivity contribution < 1.29 is 22.4 Å². The highest BCUT2D eigenvalue weighted by Crippen LogP contribution is 2.18. The minimum Gasteiger partial charge on any atom is -0.494 e. The number of rotatable bonds is 10. The van der Waals surface area contributed by atoms with Crippen molar-refractivity contribution >= 4 is 21.6 Å². The first-order chi connectivity index (χ1) is 14.5. The summed E-state index contributed by atoms with van der Waals surface area (Å²) in [6.07, 6.45) is 3.46. The highest BCUT2D eigenvalue weighted by Gasteiger charge is 2.15. The van der Waals surface area contributed by atoms with Crippen LogP contribution in [0.15, 0.2) is 76.2 Å². The molecule has 30 heavy (non-hydrogen) atoms. The molecule has 0 saturated carbocycles. The highest BCUT2D eigenvalue weighted by molar-refractivity contribution is 7.89. The number of carbonyl (C=O) groups is 1. The molecule has 0 unspecified atom stereocenters. The Kier molecular flexibility index (Phi) is 7.26. The molecular formula is C22H24N2O5S. The highest BCUT2D eigenvalue weighted by atomic mass is 32.2. The third-order valence-electron chi connectivity index (χ3n) is 4.30. The maximum Gasteiger partial charge on any atom is 0.255 e. The van der Waals surface area contributed by atoms with Crippen molar-refractivity contribution in [3.63, 3.8) is 0 Å². The Morgan fingerprint density at radius 2 is 1.87 bits per heavy atom. The van der Waals surface area contributed by atoms with Crippen molar-refractivity contribution in [3.05, 3.63) is 78.3 Å². The van der Waals surface area contributed by atoms with Crippen LogP contribution < -0.4 is 14.8 Å². The van der Waals surface area contributed by atoms with Gasteiger partial charge in [-0.3, -0.25) is 4.79 Å². The van der Waals surface area contributed by atoms with Gasteiger partial charge in [0.05, 0.1) is 24.3 Å². The fourth-order valence-corrected chi connectivity index (χ4v) is 3.64. The van der Waals surface area contributed by atoms with E-state index in [2.05, 4.69) is 17.0 Å². The molecule has 0 aliphatic rings. The van der Waals surface area contributed by atoms with E-state index in [1.54, 1.807) is 42.5 Å². The number of hydrogen-bond donors (Lipinski definition) is 2. The quantitative estimate of drug-likeness (QED) is 0.472. The molecule has 7 nitrogen and oxygen atoms in total. The predicted octanol–water partition coefficient (Wildman–Crippen LogP) is 4.19. The zero-order valence-corrected chi connectivity index (χ0v) is 17.4. The van der Waals surface area contributed by atoms with Gasteiger partial charge in [0.2, 0.25) is 10.0 Å². The van der Waals surface area contributed by atoms with Gasteiger partial charge in [-0.2, -0.15) is 0 Å². The van der Waals surface area contributed by atoms with Crippen LogP contribution in [-0.4, -0.2) is 20.9 Å². The molecule has 0 spiro atoms. The van der Waals surface area contributed by atoms with Crippen LogP contribution in [-0.2, 0) is 16.6 Å². The molecule has 2 N–H and O–H groups in total. The van der Waals surface area contributed by atoms with Crippen LogP contribution in [0, 0.1) is 0 Å². The standard InChI is InChI=1S/C22H24N2O5S/c1-2-3-13-28-19-7-4-6-17(15-19)22(25)24-18-9-11-21(12-10-18)30(26,27)23-16-20-8-5-14-29-20/h4-12,14-15,23H,2-3,13,16H2,1H3,(H,24,25). The van der Waals surface area contributed by atoms with Crippen LogP contribution in [0.1, 0.15) is 35.9 Å². The van der Waals surface area contributed by atoms with Crippen molar-refractivity contribution in [2.75, 3.05) is 11.9 Å². The third kappa shape index (κ3) is 5.95. The van der Waals surface area contributed by atoms with Crippen molar-refractivity contribution in [2.45, 2.75) is 31.2 Å². The van der Waals surface area contributed by atoms with Crippen LogP contribution >= 0.6 is 0 Å². The minimum absolute atomic E-state index is 0.0600. The van der Waals surface area contributed by atoms with Gasteiger partial charge in [-0.15, -0.1) is 0 Å². The summed E-state index contributed by atoms with van der Waals surface area (Å²) < 4.78 is 38.0. The van der Waals surface area contributed by atoms with E-state index < -0.39 is 10.0 Å². The van der Waals surface area contributed by atoms with E-state index in [9.17, 15) is 13.2 Å². The molecule has 2 aromatic carbocycles. The normalized spacial score (nSPS) is 11.2. The van der Waals surface area contributed by atoms with Crippen LogP contribution in [0.3, 0.4) is 0 Å². The molecule has 1 amide bonds. The molecule has 8 heteroatoms. The molecule has 3 rings (SSSR count). The van der Waals surface area contributed by atoms with Gasteiger partial charge < -0.3 is 14.5 Å². The molecule has 0 radical (unpaired) electrons. The summed E-state index contributed by atoms with van der Waals surface area (Å²) in [4.78, 5) is 12.6. The number of nitrogens with one attached hydrogen (secondary N) is 2. The maximum atomic E-state index is 12.5. The first-order valence-corrected chi connectivity index (χ1v) is 11.1. The number of hydrogen-bond acceptors (Lipinski definition) is 5. The van der Waals surface area contributed by atoms with E-state index in [0.29, 0.717) is 29.4 Å². The second-order valence-corrected chi connectivity index (χ2v) is 8.38. The third-order valence-corrected chi connectivity index (χ3v) is 5.72. The van der Waals surface area contributed by atoms with Crippen LogP contribution in [0.25, 0.3) is 0 Å². The molecule has 0 atom stereocenters. The number of unbranched alkanes of at least 4 members (excludes halogenated alkanes) is 1. The van der Waals surface area contributed by atoms with Crippen molar-refractivity contribution in [1.82, 2.24) is 4.72 Å². The number of benzene rings is 2. The van der Waals surface area contributed by atoms with Gasteiger partial charge in [-0.1, -0.05) is 19.4 Å². The number of amides is 1. The Labute approximate surface area is 176 Å². The van der Waals surface area contributed by atoms with E-state index in [-0.39, 0.29) is 17.3 Å². The molecule has 1 aromatic heterocycles. The van der Waals surface area contributed by atoms with E-state index in [1.165, 1.54) is 18.4 Å². The topological polar surface area (TPSA) is 97.6 Å². The van der Waals surface area contributed by atoms with Crippen LogP contribution in [0.2, 0.25) is 0 Å². The van der Waals surface area contributed by atoms with Crippen molar-refractivity contribution in [1.29, 1.82) is 0 Å². The van der Waals surface area contributed by atoms with Crippen LogP contribution in [0.4, 0.5) is 5.69 Å². The second kappa shape index (κ2) is 10.1. The monoisotopic (exact) mass is 428 g/mol. The molecule has 0 fully saturated rings. The predicted molar refractivity (Wildman–Crippen MR) is 114 cm³/mol. The van der Waals surface area contributed by atoms with Gasteiger partial charge >= 0.3 is 0 Å². The summed E-state index contributed by atoms with van der Waals surface area (Å²) in [5, 5.41) is 2.76. The first-order valence-electron chi connectivity index (χ1n) is 9.64. The van der Waals surface area contributed by atoms with Gasteiger partial charge in [0, 0.05) is 11.3 Å². The Hall–Kier alpha value is -3.10. The zero-order chi connectivity index (χ0) is 21.4. The van der Waals surface area contributed by atoms with Gasteiger partial charge in [0.1, 0.15) is 11.5 Å². The van der Waals surface area contributed by atoms with Crippen molar-refractivity contribution in [2.24, 2.45) is 0 Å². The number of carbonyl (C=O) groups excluding carboxylic acids is 1. The molecule has 3 aromatic rings. The van der Waals surface area contributed by atoms with Crippen molar-refractivity contribution in [3.8, 4) is 5.75 Å². The Balaban J connectivity index is 1.61. The summed E-state index contributed by atoms with van der Waals surface area (Å²) in [6.45, 7) is 2.74. The van der Waals surface area contributed by atoms with E-state index in [4.69, 9.17) is 9.15 Å². The van der Waals surface area contributed by atoms with Gasteiger partial charge in [0.15, 0.2) is 0 Å². The lowest BCUT2D eigenvalue weighted by Crippen LogP contribution is -2.23. The Bertz CT molecular complexity index is 1060. The first kappa shape index (κ1) is 21.6. The van der Waals surface area contributed by atoms with Gasteiger partial charge in [0.25, 0.3) is 5.91 Å². The molecular weight excluding hydrogens is 404 g/mol. The molecule has 0 bridgehead atoms. The molecule has 158 valence electrons. The fraction of sp³-hybridized carbons (Fsp3) is 0.227. The lowest BCUT2D eigenvalue weighted by molar-refractivity contribution is 0.102. The number of sulfonamides is 1. The number of ether oxygens (including phenoxy) is 1. The van der Waals surface area contributed by atoms with E-state index in [0.717, 1.165) is 12.8 Å². The maximum absolute atomic E-state index is 12.5. The minimum atomic E-state index is -3.69. The fourth-order valence-electron chi connectivity index (χ4n) is 2.64. The second-order valence-electron chi connectivity index (χ2n) is 6.61. The summed E-state index contributed by atoms with van der Waals surface area (Å²) >= 11 is 0. The zero-order valence-electron chi connectivity index (χ0n) is 16.6. The molecule has 0 saturated heterocycles. The van der Waals surface area contributed by atoms with E-state index >= 15 is 0 Å². The molecule has 1 heterocycles. The Morgan fingerprint density at radius 1 is 1.07 bits per heavy atom. The van der Waals surface area contributed by atoms with Gasteiger partial charge in [-0.25, -0.2) is 13.1 Å². The molecule has 0 aliphatic heterocycles. The summed E-state index contributed by atoms with van der Waals surface area (Å²) in [5.41, 5.74) is 0.947. The van der Waals surface area contributed by atoms with E-state index in [1.807, 2.05) is 6.07 Å². The largest absolute Gasteiger partial charge is 0.494 e. The lowest BCUT2D eigenvalue weighted by Gasteiger charge is -2.10.